The first-order valence-corrected chi connectivity index (χ1v) is 7.99. The Balaban J connectivity index is 2.20. The molecule has 1 aromatic carbocycles. The third kappa shape index (κ3) is 6.93. The molecule has 0 aromatic heterocycles. The van der Waals surface area contributed by atoms with Crippen molar-refractivity contribution in [3.8, 4) is 0 Å². The molecule has 1 unspecified atom stereocenters. The molecule has 3 N–H and O–H groups in total. The number of ketones is 1. The maximum Gasteiger partial charge on any atom is 0.249 e. The van der Waals surface area contributed by atoms with Gasteiger partial charge in [0.05, 0.1) is 6.61 Å². The second kappa shape index (κ2) is 9.43. The van der Waals surface area contributed by atoms with Gasteiger partial charge < -0.3 is 15.5 Å². The number of hydrogen-bond donors (Lipinski definition) is 3. The number of hydrogen-bond acceptors (Lipinski definition) is 4. The molecular weight excluding hydrogens is 294 g/mol. The van der Waals surface area contributed by atoms with Crippen molar-refractivity contribution in [2.45, 2.75) is 45.6 Å². The Morgan fingerprint density at radius 2 is 1.83 bits per heavy atom. The van der Waals surface area contributed by atoms with Crippen LogP contribution in [-0.2, 0) is 16.0 Å². The molecule has 1 atom stereocenters. The van der Waals surface area contributed by atoms with E-state index in [1.807, 2.05) is 30.3 Å². The number of nitrogens with one attached hydrogen (secondary N) is 1. The van der Waals surface area contributed by atoms with Crippen molar-refractivity contribution >= 4 is 11.7 Å². The first-order chi connectivity index (χ1) is 10.9. The van der Waals surface area contributed by atoms with E-state index in [1.54, 1.807) is 13.8 Å². The molecule has 0 heterocycles. The number of Topliss-reactive ketones (excluding diaryl/α,β-unsaturated/α-hetero) is 1. The number of aliphatic hydroxyl groups excluding tert-OH is 2. The molecule has 0 saturated carbocycles. The summed E-state index contributed by atoms with van der Waals surface area (Å²) in [6.07, 6.45) is 1.10. The van der Waals surface area contributed by atoms with E-state index in [0.29, 0.717) is 6.42 Å². The van der Waals surface area contributed by atoms with Crippen molar-refractivity contribution in [3.63, 3.8) is 0 Å². The Bertz CT molecular complexity index is 499. The lowest BCUT2D eigenvalue weighted by Gasteiger charge is -2.27. The van der Waals surface area contributed by atoms with Crippen LogP contribution in [0.1, 0.15) is 38.7 Å². The van der Waals surface area contributed by atoms with E-state index < -0.39 is 17.4 Å². The highest BCUT2D eigenvalue weighted by molar-refractivity contribution is 5.83. The van der Waals surface area contributed by atoms with Gasteiger partial charge in [-0.3, -0.25) is 9.59 Å². The Labute approximate surface area is 137 Å². The zero-order chi connectivity index (χ0) is 17.3. The lowest BCUT2D eigenvalue weighted by atomic mass is 9.87. The lowest BCUT2D eigenvalue weighted by Crippen LogP contribution is -2.45. The molecule has 0 spiro atoms. The number of amides is 1. The molecule has 0 bridgehead atoms. The third-order valence-electron chi connectivity index (χ3n) is 3.86. The number of benzene rings is 1. The SMILES string of the molecule is CC(C)(CO)C(O)C(=O)NCCC(=O)CCCc1ccccc1. The number of carbonyl (C=O) groups excluding carboxylic acids is 2. The second-order valence-electron chi connectivity index (χ2n) is 6.47. The number of aryl methyl sites for hydroxylation is 1. The molecule has 23 heavy (non-hydrogen) atoms. The van der Waals surface area contributed by atoms with Crippen LogP contribution in [0, 0.1) is 5.41 Å². The van der Waals surface area contributed by atoms with Crippen LogP contribution in [0.25, 0.3) is 0 Å². The van der Waals surface area contributed by atoms with Gasteiger partial charge in [-0.05, 0) is 18.4 Å². The molecule has 1 rings (SSSR count). The van der Waals surface area contributed by atoms with E-state index in [4.69, 9.17) is 5.11 Å². The van der Waals surface area contributed by atoms with E-state index in [9.17, 15) is 14.7 Å². The van der Waals surface area contributed by atoms with Gasteiger partial charge in [0.1, 0.15) is 11.9 Å². The molecule has 5 heteroatoms. The topological polar surface area (TPSA) is 86.6 Å². The molecular formula is C18H27NO4. The molecule has 0 saturated heterocycles. The van der Waals surface area contributed by atoms with E-state index in [1.165, 1.54) is 5.56 Å². The van der Waals surface area contributed by atoms with Gasteiger partial charge >= 0.3 is 0 Å². The van der Waals surface area contributed by atoms with Crippen LogP contribution >= 0.6 is 0 Å². The number of aliphatic hydroxyl groups is 2. The molecule has 5 nitrogen and oxygen atoms in total. The molecule has 0 aliphatic carbocycles. The van der Waals surface area contributed by atoms with Crippen molar-refractivity contribution in [2.75, 3.05) is 13.2 Å². The maximum absolute atomic E-state index is 11.8. The average molecular weight is 321 g/mol. The molecule has 0 aliphatic rings. The summed E-state index contributed by atoms with van der Waals surface area (Å²) in [4.78, 5) is 23.5. The van der Waals surface area contributed by atoms with Crippen molar-refractivity contribution < 1.29 is 19.8 Å². The minimum Gasteiger partial charge on any atom is -0.396 e. The number of carbonyl (C=O) groups is 2. The highest BCUT2D eigenvalue weighted by Gasteiger charge is 2.32. The molecule has 1 aromatic rings. The van der Waals surface area contributed by atoms with Crippen LogP contribution in [0.5, 0.6) is 0 Å². The standard InChI is InChI=1S/C18H27NO4/c1-18(2,13-20)16(22)17(23)19-12-11-15(21)10-6-9-14-7-4-3-5-8-14/h3-5,7-8,16,20,22H,6,9-13H2,1-2H3,(H,19,23). The average Bonchev–Trinajstić information content (AvgIpc) is 2.55. The van der Waals surface area contributed by atoms with Crippen LogP contribution in [0.3, 0.4) is 0 Å². The Morgan fingerprint density at radius 3 is 2.43 bits per heavy atom. The van der Waals surface area contributed by atoms with E-state index in [2.05, 4.69) is 5.32 Å². The smallest absolute Gasteiger partial charge is 0.249 e. The summed E-state index contributed by atoms with van der Waals surface area (Å²) in [5.41, 5.74) is 0.312. The summed E-state index contributed by atoms with van der Waals surface area (Å²) in [5.74, 6) is -0.460. The summed E-state index contributed by atoms with van der Waals surface area (Å²) < 4.78 is 0. The first-order valence-electron chi connectivity index (χ1n) is 7.99. The summed E-state index contributed by atoms with van der Waals surface area (Å²) in [7, 11) is 0. The largest absolute Gasteiger partial charge is 0.396 e. The fraction of sp³-hybridized carbons (Fsp3) is 0.556. The summed E-state index contributed by atoms with van der Waals surface area (Å²) in [6.45, 7) is 3.12. The van der Waals surface area contributed by atoms with Crippen molar-refractivity contribution in [1.29, 1.82) is 0 Å². The number of rotatable bonds is 10. The second-order valence-corrected chi connectivity index (χ2v) is 6.47. The third-order valence-corrected chi connectivity index (χ3v) is 3.86. The molecule has 1 amide bonds. The van der Waals surface area contributed by atoms with Crippen LogP contribution in [-0.4, -0.2) is 41.2 Å². The van der Waals surface area contributed by atoms with Crippen LogP contribution < -0.4 is 5.32 Å². The summed E-state index contributed by atoms with van der Waals surface area (Å²) in [6, 6.07) is 9.99. The molecule has 0 fully saturated rings. The van der Waals surface area contributed by atoms with Crippen LogP contribution in [0.2, 0.25) is 0 Å². The Morgan fingerprint density at radius 1 is 1.17 bits per heavy atom. The highest BCUT2D eigenvalue weighted by atomic mass is 16.3. The van der Waals surface area contributed by atoms with Crippen LogP contribution in [0.4, 0.5) is 0 Å². The Kier molecular flexibility index (Phi) is 7.92. The van der Waals surface area contributed by atoms with Gasteiger partial charge in [-0.1, -0.05) is 44.2 Å². The van der Waals surface area contributed by atoms with E-state index in [-0.39, 0.29) is 25.4 Å². The predicted octanol–water partition coefficient (Wildman–Crippen LogP) is 1.46. The Hall–Kier alpha value is -1.72. The van der Waals surface area contributed by atoms with Crippen LogP contribution in [0.15, 0.2) is 30.3 Å². The highest BCUT2D eigenvalue weighted by Crippen LogP contribution is 2.19. The normalized spacial score (nSPS) is 12.7. The minimum absolute atomic E-state index is 0.0946. The monoisotopic (exact) mass is 321 g/mol. The van der Waals surface area contributed by atoms with Gasteiger partial charge in [0.2, 0.25) is 5.91 Å². The molecule has 128 valence electrons. The van der Waals surface area contributed by atoms with Crippen molar-refractivity contribution in [3.05, 3.63) is 35.9 Å². The molecule has 0 radical (unpaired) electrons. The van der Waals surface area contributed by atoms with Gasteiger partial charge in [0.25, 0.3) is 0 Å². The lowest BCUT2D eigenvalue weighted by molar-refractivity contribution is -0.137. The first kappa shape index (κ1) is 19.3. The minimum atomic E-state index is -1.29. The maximum atomic E-state index is 11.8. The van der Waals surface area contributed by atoms with E-state index >= 15 is 0 Å². The van der Waals surface area contributed by atoms with Gasteiger partial charge in [-0.25, -0.2) is 0 Å². The zero-order valence-electron chi connectivity index (χ0n) is 13.9. The fourth-order valence-electron chi connectivity index (χ4n) is 2.12. The van der Waals surface area contributed by atoms with E-state index in [0.717, 1.165) is 12.8 Å². The summed E-state index contributed by atoms with van der Waals surface area (Å²) in [5, 5.41) is 21.5. The summed E-state index contributed by atoms with van der Waals surface area (Å²) >= 11 is 0. The van der Waals surface area contributed by atoms with Gasteiger partial charge in [-0.2, -0.15) is 0 Å². The van der Waals surface area contributed by atoms with Gasteiger partial charge in [-0.15, -0.1) is 0 Å². The zero-order valence-corrected chi connectivity index (χ0v) is 13.9. The molecule has 0 aliphatic heterocycles. The predicted molar refractivity (Wildman–Crippen MR) is 88.9 cm³/mol. The van der Waals surface area contributed by atoms with Gasteiger partial charge in [0, 0.05) is 24.8 Å². The van der Waals surface area contributed by atoms with Gasteiger partial charge in [0.15, 0.2) is 0 Å². The van der Waals surface area contributed by atoms with Crippen molar-refractivity contribution in [2.24, 2.45) is 5.41 Å². The fourth-order valence-corrected chi connectivity index (χ4v) is 2.12. The van der Waals surface area contributed by atoms with Crippen molar-refractivity contribution in [1.82, 2.24) is 5.32 Å². The quantitative estimate of drug-likeness (QED) is 0.609.